The predicted molar refractivity (Wildman–Crippen MR) is 244 cm³/mol. The zero-order chi connectivity index (χ0) is 37.2. The topological polar surface area (TPSA) is 13.1 Å². The molecule has 0 aliphatic carbocycles. The Morgan fingerprint density at radius 2 is 0.807 bits per heavy atom. The first-order valence-electron chi connectivity index (χ1n) is 19.8. The molecule has 0 amide bonds. The van der Waals surface area contributed by atoms with Crippen molar-refractivity contribution in [1.82, 2.24) is 0 Å². The molecule has 0 aliphatic rings. The van der Waals surface area contributed by atoms with Crippen molar-refractivity contribution < 1.29 is 4.42 Å². The molecule has 0 aliphatic heterocycles. The summed E-state index contributed by atoms with van der Waals surface area (Å²) >= 11 is 0. The summed E-state index contributed by atoms with van der Waals surface area (Å²) in [7, 11) is 0. The Kier molecular flexibility index (Phi) is 6.23. The van der Waals surface area contributed by atoms with Crippen LogP contribution in [0.5, 0.6) is 0 Å². The maximum atomic E-state index is 7.36. The molecule has 0 unspecified atom stereocenters. The molecule has 57 heavy (non-hydrogen) atoms. The summed E-state index contributed by atoms with van der Waals surface area (Å²) < 4.78 is 7.36. The van der Waals surface area contributed by atoms with Gasteiger partial charge in [0.15, 0.2) is 0 Å². The number of hydrogen-bond donors (Lipinski definition) is 0. The van der Waals surface area contributed by atoms with Crippen LogP contribution in [-0.4, -0.2) is 0 Å². The van der Waals surface area contributed by atoms with Crippen LogP contribution in [0.25, 0.3) is 131 Å². The molecule has 0 fully saturated rings. The molecule has 0 radical (unpaired) electrons. The summed E-state index contributed by atoms with van der Waals surface area (Å²) in [5.74, 6) is 0. The Hall–Kier alpha value is -7.48. The van der Waals surface area contributed by atoms with Gasteiger partial charge < -0.3 is 4.42 Å². The lowest BCUT2D eigenvalue weighted by atomic mass is 9.86. The molecule has 0 spiro atoms. The van der Waals surface area contributed by atoms with Crippen LogP contribution in [0.15, 0.2) is 199 Å². The fourth-order valence-corrected chi connectivity index (χ4v) is 10.1. The summed E-state index contributed by atoms with van der Waals surface area (Å²) in [6.45, 7) is 0. The molecule has 1 heterocycles. The van der Waals surface area contributed by atoms with Crippen LogP contribution in [0.4, 0.5) is 0 Å². The molecular weight excluding hydrogens is 689 g/mol. The van der Waals surface area contributed by atoms with Gasteiger partial charge in [-0.2, -0.15) is 0 Å². The van der Waals surface area contributed by atoms with E-state index in [2.05, 4.69) is 194 Å². The minimum absolute atomic E-state index is 0.913. The molecule has 0 bridgehead atoms. The second-order valence-corrected chi connectivity index (χ2v) is 15.5. The molecule has 0 N–H and O–H groups in total. The van der Waals surface area contributed by atoms with Gasteiger partial charge in [-0.1, -0.05) is 176 Å². The minimum atomic E-state index is 0.913. The smallest absolute Gasteiger partial charge is 0.143 e. The summed E-state index contributed by atoms with van der Waals surface area (Å²) in [5, 5.41) is 19.8. The van der Waals surface area contributed by atoms with E-state index in [1.54, 1.807) is 0 Å². The molecule has 1 nitrogen and oxygen atoms in total. The molecule has 0 saturated heterocycles. The maximum Gasteiger partial charge on any atom is 0.143 e. The average molecular weight is 721 g/mol. The van der Waals surface area contributed by atoms with Gasteiger partial charge in [-0.25, -0.2) is 0 Å². The lowest BCUT2D eigenvalue weighted by Gasteiger charge is -2.16. The molecule has 0 atom stereocenters. The van der Waals surface area contributed by atoms with Crippen molar-refractivity contribution in [3.05, 3.63) is 194 Å². The van der Waals surface area contributed by atoms with E-state index in [1.807, 2.05) is 0 Å². The molecule has 1 aromatic heterocycles. The van der Waals surface area contributed by atoms with Crippen LogP contribution in [0, 0.1) is 0 Å². The van der Waals surface area contributed by atoms with Gasteiger partial charge in [-0.05, 0) is 116 Å². The zero-order valence-corrected chi connectivity index (χ0v) is 30.9. The number of rotatable bonds is 3. The summed E-state index contributed by atoms with van der Waals surface area (Å²) in [6, 6.07) is 71.4. The third-order valence-electron chi connectivity index (χ3n) is 12.6. The van der Waals surface area contributed by atoms with Crippen LogP contribution in [0.2, 0.25) is 0 Å². The van der Waals surface area contributed by atoms with Crippen LogP contribution >= 0.6 is 0 Å². The van der Waals surface area contributed by atoms with E-state index in [-0.39, 0.29) is 0 Å². The van der Waals surface area contributed by atoms with Crippen LogP contribution in [-0.2, 0) is 0 Å². The number of benzene rings is 12. The highest BCUT2D eigenvalue weighted by atomic mass is 16.3. The lowest BCUT2D eigenvalue weighted by Crippen LogP contribution is -1.90. The van der Waals surface area contributed by atoms with Crippen molar-refractivity contribution in [3.8, 4) is 33.4 Å². The summed E-state index contributed by atoms with van der Waals surface area (Å²) in [4.78, 5) is 0. The molecule has 262 valence electrons. The largest absolute Gasteiger partial charge is 0.455 e. The monoisotopic (exact) mass is 720 g/mol. The van der Waals surface area contributed by atoms with Crippen molar-refractivity contribution in [1.29, 1.82) is 0 Å². The van der Waals surface area contributed by atoms with Crippen molar-refractivity contribution >= 4 is 97.3 Å². The molecular formula is C56H32O. The minimum Gasteiger partial charge on any atom is -0.455 e. The van der Waals surface area contributed by atoms with Crippen molar-refractivity contribution in [3.63, 3.8) is 0 Å². The third kappa shape index (κ3) is 4.29. The van der Waals surface area contributed by atoms with Gasteiger partial charge >= 0.3 is 0 Å². The van der Waals surface area contributed by atoms with Crippen LogP contribution in [0.1, 0.15) is 0 Å². The Morgan fingerprint density at radius 1 is 0.228 bits per heavy atom. The van der Waals surface area contributed by atoms with Gasteiger partial charge in [0, 0.05) is 21.7 Å². The molecule has 13 aromatic rings. The Bertz CT molecular complexity index is 3780. The van der Waals surface area contributed by atoms with E-state index in [1.165, 1.54) is 97.8 Å². The van der Waals surface area contributed by atoms with Crippen molar-refractivity contribution in [2.24, 2.45) is 0 Å². The van der Waals surface area contributed by atoms with Crippen LogP contribution < -0.4 is 0 Å². The summed E-state index contributed by atoms with van der Waals surface area (Å²) in [5.41, 5.74) is 8.90. The Morgan fingerprint density at radius 3 is 1.68 bits per heavy atom. The lowest BCUT2D eigenvalue weighted by molar-refractivity contribution is 0.674. The van der Waals surface area contributed by atoms with E-state index in [9.17, 15) is 0 Å². The van der Waals surface area contributed by atoms with Gasteiger partial charge in [0.05, 0.1) is 0 Å². The van der Waals surface area contributed by atoms with Gasteiger partial charge in [-0.3, -0.25) is 0 Å². The van der Waals surface area contributed by atoms with E-state index >= 15 is 0 Å². The standard InChI is InChI=1S/C56H32O/c1-2-10-33(11-3-1)39-18-9-19-47-42(39)28-31-49-54-46(43-26-24-37-22-21-35-13-8-14-36-25-27-45(43)53(37)51(35)36)29-30-48(56(54)57-55(47)49)50-32-38-23-20-34-12-4-5-15-40(34)52(38)44-17-7-6-16-41(44)50/h1-32H. The highest BCUT2D eigenvalue weighted by Crippen LogP contribution is 2.49. The predicted octanol–water partition coefficient (Wildman–Crippen LogP) is 16.1. The highest BCUT2D eigenvalue weighted by Gasteiger charge is 2.23. The van der Waals surface area contributed by atoms with Gasteiger partial charge in [0.25, 0.3) is 0 Å². The van der Waals surface area contributed by atoms with Gasteiger partial charge in [0.1, 0.15) is 11.2 Å². The third-order valence-corrected chi connectivity index (χ3v) is 12.6. The maximum absolute atomic E-state index is 7.36. The van der Waals surface area contributed by atoms with Crippen molar-refractivity contribution in [2.45, 2.75) is 0 Å². The normalized spacial score (nSPS) is 12.2. The molecule has 13 rings (SSSR count). The number of furan rings is 1. The zero-order valence-electron chi connectivity index (χ0n) is 30.9. The van der Waals surface area contributed by atoms with Gasteiger partial charge in [0.2, 0.25) is 0 Å². The Balaban J connectivity index is 1.17. The number of fused-ring (bicyclic) bond motifs is 10. The van der Waals surface area contributed by atoms with E-state index in [0.29, 0.717) is 0 Å². The fraction of sp³-hybridized carbons (Fsp3) is 0. The van der Waals surface area contributed by atoms with E-state index in [4.69, 9.17) is 4.42 Å². The number of hydrogen-bond acceptors (Lipinski definition) is 1. The van der Waals surface area contributed by atoms with E-state index in [0.717, 1.165) is 32.9 Å². The Labute approximate surface area is 328 Å². The van der Waals surface area contributed by atoms with Crippen LogP contribution in [0.3, 0.4) is 0 Å². The van der Waals surface area contributed by atoms with Gasteiger partial charge in [-0.15, -0.1) is 0 Å². The highest BCUT2D eigenvalue weighted by molar-refractivity contribution is 6.30. The molecule has 12 aromatic carbocycles. The average Bonchev–Trinajstić information content (AvgIpc) is 3.68. The second-order valence-electron chi connectivity index (χ2n) is 15.5. The van der Waals surface area contributed by atoms with Crippen molar-refractivity contribution in [2.75, 3.05) is 0 Å². The first-order valence-corrected chi connectivity index (χ1v) is 19.8. The quantitative estimate of drug-likeness (QED) is 0.166. The second kappa shape index (κ2) is 11.5. The first kappa shape index (κ1) is 30.8. The molecule has 0 saturated carbocycles. The van der Waals surface area contributed by atoms with E-state index < -0.39 is 0 Å². The fourth-order valence-electron chi connectivity index (χ4n) is 10.1. The summed E-state index contributed by atoms with van der Waals surface area (Å²) in [6.07, 6.45) is 0. The first-order chi connectivity index (χ1) is 28.3. The molecule has 1 heteroatoms. The SMILES string of the molecule is c1ccc(-c2cccc3c2ccc2c3oc3c(-c4cc5ccc6ccccc6c5c5ccccc45)ccc(-c4ccc5ccc6cccc7ccc4c5c67)c32)cc1.